The second kappa shape index (κ2) is 2.45. The molecule has 0 aromatic carbocycles. The summed E-state index contributed by atoms with van der Waals surface area (Å²) in [6.45, 7) is 4.43. The number of carbonyl (C=O) groups excluding carboxylic acids is 1. The lowest BCUT2D eigenvalue weighted by atomic mass is 10.0. The van der Waals surface area contributed by atoms with E-state index in [1.807, 2.05) is 13.8 Å². The molecular formula is C9H11N3O. The molecule has 2 rings (SSSR count). The Bertz CT molecular complexity index is 398. The van der Waals surface area contributed by atoms with Crippen molar-refractivity contribution in [2.45, 2.75) is 20.4 Å². The third-order valence-electron chi connectivity index (χ3n) is 2.49. The van der Waals surface area contributed by atoms with Gasteiger partial charge in [-0.15, -0.1) is 0 Å². The molecule has 0 atom stereocenters. The van der Waals surface area contributed by atoms with Gasteiger partial charge in [0.15, 0.2) is 0 Å². The minimum absolute atomic E-state index is 0.108. The van der Waals surface area contributed by atoms with Crippen LogP contribution in [0.2, 0.25) is 0 Å². The summed E-state index contributed by atoms with van der Waals surface area (Å²) in [5.74, 6) is 0.233. The fourth-order valence-electron chi connectivity index (χ4n) is 1.61. The molecule has 0 saturated heterocycles. The first-order chi connectivity index (χ1) is 6.11. The number of fused-ring (bicyclic) bond motifs is 1. The lowest BCUT2D eigenvalue weighted by molar-refractivity contribution is 0.0966. The number of nitrogen functional groups attached to an aromatic ring is 1. The predicted octanol–water partition coefficient (Wildman–Crippen LogP) is 0.524. The van der Waals surface area contributed by atoms with E-state index in [0.29, 0.717) is 17.9 Å². The van der Waals surface area contributed by atoms with Crippen LogP contribution in [0.5, 0.6) is 0 Å². The Morgan fingerprint density at radius 2 is 2.15 bits per heavy atom. The fraction of sp³-hybridized carbons (Fsp3) is 0.333. The number of nitrogens with zero attached hydrogens (tertiary/aromatic N) is 1. The maximum atomic E-state index is 11.3. The fourth-order valence-corrected chi connectivity index (χ4v) is 1.61. The van der Waals surface area contributed by atoms with E-state index in [1.165, 1.54) is 0 Å². The molecular weight excluding hydrogens is 166 g/mol. The molecule has 4 heteroatoms. The van der Waals surface area contributed by atoms with Gasteiger partial charge in [0, 0.05) is 12.2 Å². The van der Waals surface area contributed by atoms with Gasteiger partial charge in [-0.25, -0.2) is 4.98 Å². The van der Waals surface area contributed by atoms with Crippen LogP contribution in [-0.2, 0) is 6.54 Å². The highest BCUT2D eigenvalue weighted by atomic mass is 16.1. The van der Waals surface area contributed by atoms with E-state index in [0.717, 1.165) is 16.8 Å². The second-order valence-electron chi connectivity index (χ2n) is 3.24. The normalized spacial score (nSPS) is 14.2. The molecule has 4 nitrogen and oxygen atoms in total. The SMILES string of the molecule is Cc1nc(N)c2c(c1C)CNC2=O. The van der Waals surface area contributed by atoms with E-state index in [9.17, 15) is 4.79 Å². The monoisotopic (exact) mass is 177 g/mol. The molecule has 13 heavy (non-hydrogen) atoms. The van der Waals surface area contributed by atoms with E-state index in [4.69, 9.17) is 5.73 Å². The lowest BCUT2D eigenvalue weighted by Crippen LogP contribution is -2.14. The number of hydrogen-bond donors (Lipinski definition) is 2. The van der Waals surface area contributed by atoms with Crippen LogP contribution in [0, 0.1) is 13.8 Å². The van der Waals surface area contributed by atoms with Crippen LogP contribution in [0.1, 0.15) is 27.2 Å². The van der Waals surface area contributed by atoms with Gasteiger partial charge in [0.05, 0.1) is 5.56 Å². The zero-order valence-electron chi connectivity index (χ0n) is 7.64. The van der Waals surface area contributed by atoms with Crippen molar-refractivity contribution in [1.29, 1.82) is 0 Å². The molecule has 0 spiro atoms. The summed E-state index contributed by atoms with van der Waals surface area (Å²) in [5, 5.41) is 2.73. The molecule has 0 aliphatic carbocycles. The molecule has 3 N–H and O–H groups in total. The molecule has 0 bridgehead atoms. The highest BCUT2D eigenvalue weighted by Crippen LogP contribution is 2.25. The summed E-state index contributed by atoms with van der Waals surface area (Å²) in [7, 11) is 0. The van der Waals surface area contributed by atoms with Gasteiger partial charge in [-0.1, -0.05) is 0 Å². The van der Waals surface area contributed by atoms with Crippen LogP contribution in [0.4, 0.5) is 5.82 Å². The molecule has 0 saturated carbocycles. The minimum atomic E-state index is -0.108. The molecule has 2 heterocycles. The first-order valence-corrected chi connectivity index (χ1v) is 4.15. The average molecular weight is 177 g/mol. The van der Waals surface area contributed by atoms with Gasteiger partial charge in [-0.3, -0.25) is 4.79 Å². The van der Waals surface area contributed by atoms with Crippen molar-refractivity contribution < 1.29 is 4.79 Å². The van der Waals surface area contributed by atoms with Crippen molar-refractivity contribution in [3.05, 3.63) is 22.4 Å². The summed E-state index contributed by atoms with van der Waals surface area (Å²) >= 11 is 0. The maximum Gasteiger partial charge on any atom is 0.255 e. The van der Waals surface area contributed by atoms with Gasteiger partial charge in [0.25, 0.3) is 5.91 Å². The van der Waals surface area contributed by atoms with Crippen LogP contribution in [0.25, 0.3) is 0 Å². The summed E-state index contributed by atoms with van der Waals surface area (Å²) in [6.07, 6.45) is 0. The third kappa shape index (κ3) is 0.983. The Kier molecular flexibility index (Phi) is 1.52. The summed E-state index contributed by atoms with van der Waals surface area (Å²) < 4.78 is 0. The van der Waals surface area contributed by atoms with Crippen molar-refractivity contribution in [3.63, 3.8) is 0 Å². The van der Waals surface area contributed by atoms with Crippen LogP contribution in [-0.4, -0.2) is 10.9 Å². The number of hydrogen-bond acceptors (Lipinski definition) is 3. The van der Waals surface area contributed by atoms with Gasteiger partial charge in [0.1, 0.15) is 5.82 Å². The van der Waals surface area contributed by atoms with E-state index in [2.05, 4.69) is 10.3 Å². The largest absolute Gasteiger partial charge is 0.383 e. The summed E-state index contributed by atoms with van der Waals surface area (Å²) in [5.41, 5.74) is 9.17. The number of pyridine rings is 1. The Labute approximate surface area is 76.2 Å². The molecule has 1 aliphatic heterocycles. The molecule has 0 fully saturated rings. The quantitative estimate of drug-likeness (QED) is 0.607. The highest BCUT2D eigenvalue weighted by Gasteiger charge is 2.25. The lowest BCUT2D eigenvalue weighted by Gasteiger charge is -2.06. The van der Waals surface area contributed by atoms with Crippen LogP contribution in [0.3, 0.4) is 0 Å². The standard InChI is InChI=1S/C9H11N3O/c1-4-5(2)12-8(10)7-6(4)3-11-9(7)13/h3H2,1-2H3,(H2,10,12)(H,11,13). The number of carbonyl (C=O) groups is 1. The molecule has 0 radical (unpaired) electrons. The Hall–Kier alpha value is -1.58. The van der Waals surface area contributed by atoms with E-state index in [1.54, 1.807) is 0 Å². The van der Waals surface area contributed by atoms with Crippen LogP contribution in [0.15, 0.2) is 0 Å². The molecule has 1 aliphatic rings. The molecule has 1 amide bonds. The van der Waals surface area contributed by atoms with Crippen molar-refractivity contribution >= 4 is 11.7 Å². The Balaban J connectivity index is 2.76. The van der Waals surface area contributed by atoms with E-state index in [-0.39, 0.29) is 5.91 Å². The number of amides is 1. The van der Waals surface area contributed by atoms with Crippen molar-refractivity contribution in [3.8, 4) is 0 Å². The first-order valence-electron chi connectivity index (χ1n) is 4.15. The smallest absolute Gasteiger partial charge is 0.255 e. The average Bonchev–Trinajstić information content (AvgIpc) is 2.44. The summed E-state index contributed by atoms with van der Waals surface area (Å²) in [4.78, 5) is 15.4. The minimum Gasteiger partial charge on any atom is -0.383 e. The van der Waals surface area contributed by atoms with Gasteiger partial charge in [-0.05, 0) is 25.0 Å². The zero-order chi connectivity index (χ0) is 9.59. The number of aromatic nitrogens is 1. The maximum absolute atomic E-state index is 11.3. The predicted molar refractivity (Wildman–Crippen MR) is 49.3 cm³/mol. The number of nitrogens with one attached hydrogen (secondary N) is 1. The van der Waals surface area contributed by atoms with Crippen LogP contribution < -0.4 is 11.1 Å². The third-order valence-corrected chi connectivity index (χ3v) is 2.49. The number of rotatable bonds is 0. The van der Waals surface area contributed by atoms with Crippen molar-refractivity contribution in [1.82, 2.24) is 10.3 Å². The van der Waals surface area contributed by atoms with E-state index < -0.39 is 0 Å². The molecule has 1 aromatic rings. The Morgan fingerprint density at radius 1 is 1.46 bits per heavy atom. The van der Waals surface area contributed by atoms with Gasteiger partial charge < -0.3 is 11.1 Å². The molecule has 1 aromatic heterocycles. The van der Waals surface area contributed by atoms with Gasteiger partial charge in [-0.2, -0.15) is 0 Å². The Morgan fingerprint density at radius 3 is 2.85 bits per heavy atom. The summed E-state index contributed by atoms with van der Waals surface area (Å²) in [6, 6.07) is 0. The molecule has 0 unspecified atom stereocenters. The van der Waals surface area contributed by atoms with Crippen molar-refractivity contribution in [2.24, 2.45) is 0 Å². The number of aryl methyl sites for hydroxylation is 1. The van der Waals surface area contributed by atoms with E-state index >= 15 is 0 Å². The van der Waals surface area contributed by atoms with Crippen LogP contribution >= 0.6 is 0 Å². The van der Waals surface area contributed by atoms with Crippen molar-refractivity contribution in [2.75, 3.05) is 5.73 Å². The molecule has 68 valence electrons. The topological polar surface area (TPSA) is 68.0 Å². The van der Waals surface area contributed by atoms with Gasteiger partial charge >= 0.3 is 0 Å². The number of nitrogens with two attached hydrogens (primary N) is 1. The number of anilines is 1. The highest BCUT2D eigenvalue weighted by molar-refractivity contribution is 6.02. The zero-order valence-corrected chi connectivity index (χ0v) is 7.64. The first kappa shape index (κ1) is 8.04. The van der Waals surface area contributed by atoms with Gasteiger partial charge in [0.2, 0.25) is 0 Å². The second-order valence-corrected chi connectivity index (χ2v) is 3.24.